The first-order valence-corrected chi connectivity index (χ1v) is 17.7. The summed E-state index contributed by atoms with van der Waals surface area (Å²) < 4.78 is 49.0. The number of ether oxygens (including phenoxy) is 9. The molecule has 0 aromatic heterocycles. The van der Waals surface area contributed by atoms with Gasteiger partial charge in [-0.1, -0.05) is 84.0 Å². The van der Waals surface area contributed by atoms with Gasteiger partial charge in [0.2, 0.25) is 0 Å². The Kier molecular flexibility index (Phi) is 40.3. The zero-order valence-corrected chi connectivity index (χ0v) is 28.7. The van der Waals surface area contributed by atoms with Crippen molar-refractivity contribution in [1.29, 1.82) is 0 Å². The van der Waals surface area contributed by atoms with Crippen LogP contribution in [0.2, 0.25) is 0 Å². The van der Waals surface area contributed by atoms with Gasteiger partial charge < -0.3 is 47.7 Å². The third kappa shape index (κ3) is 43.1. The van der Waals surface area contributed by atoms with Gasteiger partial charge >= 0.3 is 5.97 Å². The number of hydrogen-bond donors (Lipinski definition) is 1. The molecule has 0 aromatic rings. The first-order chi connectivity index (χ1) is 22.3. The molecule has 0 bridgehead atoms. The van der Waals surface area contributed by atoms with E-state index in [2.05, 4.69) is 6.92 Å². The van der Waals surface area contributed by atoms with E-state index in [1.807, 2.05) is 0 Å². The minimum Gasteiger partial charge on any atom is -0.481 e. The summed E-state index contributed by atoms with van der Waals surface area (Å²) in [5.41, 5.74) is 0. The average molecular weight is 653 g/mol. The average Bonchev–Trinajstić information content (AvgIpc) is 3.03. The predicted octanol–water partition coefficient (Wildman–Crippen LogP) is 5.70. The van der Waals surface area contributed by atoms with Gasteiger partial charge in [0.1, 0.15) is 0 Å². The second-order valence-corrected chi connectivity index (χ2v) is 10.9. The van der Waals surface area contributed by atoms with Crippen LogP contribution in [0, 0.1) is 0 Å². The molecule has 0 rings (SSSR count). The molecule has 0 fully saturated rings. The van der Waals surface area contributed by atoms with Crippen LogP contribution in [0.15, 0.2) is 0 Å². The predicted molar refractivity (Wildman–Crippen MR) is 175 cm³/mol. The summed E-state index contributed by atoms with van der Waals surface area (Å²) in [7, 11) is 0. The molecule has 0 aliphatic heterocycles. The monoisotopic (exact) mass is 652 g/mol. The van der Waals surface area contributed by atoms with Gasteiger partial charge in [-0.2, -0.15) is 0 Å². The van der Waals surface area contributed by atoms with E-state index in [0.717, 1.165) is 13.0 Å². The van der Waals surface area contributed by atoms with Crippen molar-refractivity contribution in [1.82, 2.24) is 0 Å². The van der Waals surface area contributed by atoms with Crippen molar-refractivity contribution in [2.45, 2.75) is 96.8 Å². The lowest BCUT2D eigenvalue weighted by Crippen LogP contribution is -2.15. The van der Waals surface area contributed by atoms with Crippen LogP contribution >= 0.6 is 0 Å². The molecule has 1 N–H and O–H groups in total. The summed E-state index contributed by atoms with van der Waals surface area (Å²) in [4.78, 5) is 10.3. The van der Waals surface area contributed by atoms with Crippen LogP contribution in [-0.4, -0.2) is 130 Å². The largest absolute Gasteiger partial charge is 0.481 e. The SMILES string of the molecule is CCCCCCCCCCCCCCCOCCOCCOCCOCCOCCOCCOCCOCCOCCC(=O)O. The summed E-state index contributed by atoms with van der Waals surface area (Å²) in [6, 6.07) is 0. The third-order valence-electron chi connectivity index (χ3n) is 6.83. The maximum absolute atomic E-state index is 10.3. The smallest absolute Gasteiger partial charge is 0.305 e. The lowest BCUT2D eigenvalue weighted by Gasteiger charge is -2.09. The molecular formula is C34H68O11. The Balaban J connectivity index is 3.04. The zero-order valence-electron chi connectivity index (χ0n) is 28.7. The van der Waals surface area contributed by atoms with Crippen LogP contribution in [-0.2, 0) is 47.4 Å². The van der Waals surface area contributed by atoms with E-state index in [4.69, 9.17) is 47.7 Å². The van der Waals surface area contributed by atoms with E-state index >= 15 is 0 Å². The fourth-order valence-corrected chi connectivity index (χ4v) is 4.24. The van der Waals surface area contributed by atoms with Gasteiger partial charge in [-0.25, -0.2) is 0 Å². The van der Waals surface area contributed by atoms with Crippen LogP contribution < -0.4 is 0 Å². The van der Waals surface area contributed by atoms with Gasteiger partial charge in [-0.05, 0) is 6.42 Å². The van der Waals surface area contributed by atoms with Crippen LogP contribution in [0.25, 0.3) is 0 Å². The molecule has 0 heterocycles. The number of hydrogen-bond acceptors (Lipinski definition) is 10. The molecule has 0 radical (unpaired) electrons. The maximum atomic E-state index is 10.3. The molecule has 270 valence electrons. The highest BCUT2D eigenvalue weighted by Gasteiger charge is 1.98. The van der Waals surface area contributed by atoms with E-state index in [1.54, 1.807) is 0 Å². The van der Waals surface area contributed by atoms with E-state index in [0.29, 0.717) is 106 Å². The van der Waals surface area contributed by atoms with Crippen molar-refractivity contribution in [3.63, 3.8) is 0 Å². The van der Waals surface area contributed by atoms with Crippen LogP contribution in [0.5, 0.6) is 0 Å². The Morgan fingerprint density at radius 3 is 0.822 bits per heavy atom. The van der Waals surface area contributed by atoms with Gasteiger partial charge in [0, 0.05) is 6.61 Å². The molecule has 0 atom stereocenters. The highest BCUT2D eigenvalue weighted by molar-refractivity contribution is 5.66. The van der Waals surface area contributed by atoms with E-state index in [1.165, 1.54) is 77.0 Å². The topological polar surface area (TPSA) is 120 Å². The minimum absolute atomic E-state index is 0.00477. The van der Waals surface area contributed by atoms with Crippen LogP contribution in [0.1, 0.15) is 96.8 Å². The number of carboxylic acid groups (broad SMARTS) is 1. The van der Waals surface area contributed by atoms with Crippen molar-refractivity contribution in [2.75, 3.05) is 119 Å². The van der Waals surface area contributed by atoms with E-state index < -0.39 is 5.97 Å². The minimum atomic E-state index is -0.867. The van der Waals surface area contributed by atoms with Crippen molar-refractivity contribution in [3.8, 4) is 0 Å². The van der Waals surface area contributed by atoms with Gasteiger partial charge in [0.25, 0.3) is 0 Å². The Morgan fingerprint density at radius 2 is 0.556 bits per heavy atom. The van der Waals surface area contributed by atoms with Crippen molar-refractivity contribution in [2.24, 2.45) is 0 Å². The number of aliphatic carboxylic acids is 1. The lowest BCUT2D eigenvalue weighted by molar-refractivity contribution is -0.138. The Morgan fingerprint density at radius 1 is 0.333 bits per heavy atom. The third-order valence-corrected chi connectivity index (χ3v) is 6.83. The van der Waals surface area contributed by atoms with Crippen LogP contribution in [0.4, 0.5) is 0 Å². The summed E-state index contributed by atoms with van der Waals surface area (Å²) in [6.07, 6.45) is 17.8. The second kappa shape index (κ2) is 41.1. The standard InChI is InChI=1S/C34H68O11/c1-2-3-4-5-6-7-8-9-10-11-12-13-14-16-37-18-20-39-22-24-41-26-28-43-30-32-45-33-31-44-29-27-42-25-23-40-21-19-38-17-15-34(35)36/h2-33H2,1H3,(H,35,36). The second-order valence-electron chi connectivity index (χ2n) is 10.9. The summed E-state index contributed by atoms with van der Waals surface area (Å²) in [5.74, 6) is -0.867. The van der Waals surface area contributed by atoms with Crippen molar-refractivity contribution < 1.29 is 52.5 Å². The highest BCUT2D eigenvalue weighted by atomic mass is 16.6. The quantitative estimate of drug-likeness (QED) is 0.0819. The number of carboxylic acids is 1. The van der Waals surface area contributed by atoms with Gasteiger partial charge in [-0.3, -0.25) is 4.79 Å². The van der Waals surface area contributed by atoms with Gasteiger partial charge in [0.05, 0.1) is 119 Å². The molecular weight excluding hydrogens is 584 g/mol. The van der Waals surface area contributed by atoms with Crippen LogP contribution in [0.3, 0.4) is 0 Å². The molecule has 11 heteroatoms. The molecule has 0 aromatic carbocycles. The molecule has 0 saturated heterocycles. The Hall–Kier alpha value is -0.890. The molecule has 0 aliphatic carbocycles. The Labute approximate surface area is 274 Å². The van der Waals surface area contributed by atoms with Gasteiger partial charge in [0.15, 0.2) is 0 Å². The van der Waals surface area contributed by atoms with E-state index in [9.17, 15) is 4.79 Å². The number of unbranched alkanes of at least 4 members (excludes halogenated alkanes) is 12. The number of rotatable bonds is 41. The molecule has 0 saturated carbocycles. The molecule has 0 unspecified atom stereocenters. The van der Waals surface area contributed by atoms with Crippen molar-refractivity contribution in [3.05, 3.63) is 0 Å². The summed E-state index contributed by atoms with van der Waals surface area (Å²) >= 11 is 0. The maximum Gasteiger partial charge on any atom is 0.305 e. The first kappa shape index (κ1) is 44.1. The summed E-state index contributed by atoms with van der Waals surface area (Å²) in [6.45, 7) is 11.5. The Bertz CT molecular complexity index is 554. The van der Waals surface area contributed by atoms with Gasteiger partial charge in [-0.15, -0.1) is 0 Å². The molecule has 0 spiro atoms. The lowest BCUT2D eigenvalue weighted by atomic mass is 10.0. The normalized spacial score (nSPS) is 11.5. The molecule has 45 heavy (non-hydrogen) atoms. The van der Waals surface area contributed by atoms with E-state index in [-0.39, 0.29) is 13.0 Å². The van der Waals surface area contributed by atoms with Crippen molar-refractivity contribution >= 4 is 5.97 Å². The molecule has 11 nitrogen and oxygen atoms in total. The summed E-state index contributed by atoms with van der Waals surface area (Å²) in [5, 5.41) is 8.49. The first-order valence-electron chi connectivity index (χ1n) is 17.7. The zero-order chi connectivity index (χ0) is 32.6. The fourth-order valence-electron chi connectivity index (χ4n) is 4.24. The molecule has 0 amide bonds. The fraction of sp³-hybridized carbons (Fsp3) is 0.971. The highest BCUT2D eigenvalue weighted by Crippen LogP contribution is 2.12. The molecule has 0 aliphatic rings. The number of carbonyl (C=O) groups is 1.